The second-order valence-corrected chi connectivity index (χ2v) is 5.07. The van der Waals surface area contributed by atoms with Crippen molar-refractivity contribution in [1.29, 1.82) is 0 Å². The molecular weight excluding hydrogens is 258 g/mol. The van der Waals surface area contributed by atoms with E-state index < -0.39 is 0 Å². The molecular formula is C13H19N5O2. The molecule has 4 unspecified atom stereocenters. The molecule has 7 nitrogen and oxygen atoms in total. The number of hydrogen-bond acceptors (Lipinski definition) is 7. The summed E-state index contributed by atoms with van der Waals surface area (Å²) in [5.41, 5.74) is 13.1. The predicted octanol–water partition coefficient (Wildman–Crippen LogP) is -0.992. The van der Waals surface area contributed by atoms with Gasteiger partial charge in [0.25, 0.3) is 0 Å². The van der Waals surface area contributed by atoms with Crippen LogP contribution < -0.4 is 17.3 Å². The van der Waals surface area contributed by atoms with Gasteiger partial charge in [-0.1, -0.05) is 6.07 Å². The molecule has 1 aromatic rings. The lowest BCUT2D eigenvalue weighted by Gasteiger charge is -2.25. The summed E-state index contributed by atoms with van der Waals surface area (Å²) in [5, 5.41) is 1.53. The summed E-state index contributed by atoms with van der Waals surface area (Å²) < 4.78 is 11.3. The van der Waals surface area contributed by atoms with Crippen molar-refractivity contribution < 1.29 is 9.47 Å². The molecule has 0 saturated carbocycles. The number of rotatable bonds is 3. The Balaban J connectivity index is 1.72. The molecule has 0 aliphatic carbocycles. The predicted molar refractivity (Wildman–Crippen MR) is 73.7 cm³/mol. The maximum absolute atomic E-state index is 6.07. The summed E-state index contributed by atoms with van der Waals surface area (Å²) in [5.74, 6) is 6.07. The Morgan fingerprint density at radius 1 is 1.30 bits per heavy atom. The highest BCUT2D eigenvalue weighted by Gasteiger charge is 2.47. The first-order chi connectivity index (χ1) is 9.66. The lowest BCUT2D eigenvalue weighted by molar-refractivity contribution is 0.0529. The molecule has 3 rings (SSSR count). The van der Waals surface area contributed by atoms with E-state index in [0.717, 1.165) is 0 Å². The van der Waals surface area contributed by atoms with Crippen LogP contribution in [-0.2, 0) is 9.47 Å². The van der Waals surface area contributed by atoms with Crippen LogP contribution in [0.15, 0.2) is 30.6 Å². The molecule has 2 aliphatic heterocycles. The van der Waals surface area contributed by atoms with E-state index in [4.69, 9.17) is 26.8 Å². The molecule has 4 atom stereocenters. The maximum atomic E-state index is 6.07. The van der Waals surface area contributed by atoms with Crippen molar-refractivity contribution in [3.63, 3.8) is 0 Å². The van der Waals surface area contributed by atoms with Crippen molar-refractivity contribution >= 4 is 5.70 Å². The van der Waals surface area contributed by atoms with Gasteiger partial charge in [-0.3, -0.25) is 4.98 Å². The lowest BCUT2D eigenvalue weighted by Crippen LogP contribution is -2.46. The number of hydrogen-bond donors (Lipinski definition) is 3. The van der Waals surface area contributed by atoms with Crippen molar-refractivity contribution in [2.75, 3.05) is 13.2 Å². The van der Waals surface area contributed by atoms with E-state index in [2.05, 4.69) is 4.98 Å². The van der Waals surface area contributed by atoms with Crippen LogP contribution in [0.3, 0.4) is 0 Å². The van der Waals surface area contributed by atoms with Gasteiger partial charge in [0.2, 0.25) is 0 Å². The molecule has 108 valence electrons. The van der Waals surface area contributed by atoms with Crippen molar-refractivity contribution in [1.82, 2.24) is 9.99 Å². The Morgan fingerprint density at radius 2 is 2.10 bits per heavy atom. The minimum atomic E-state index is -0.109. The van der Waals surface area contributed by atoms with E-state index >= 15 is 0 Å². The first kappa shape index (κ1) is 13.3. The maximum Gasteiger partial charge on any atom is 0.109 e. The molecule has 3 heterocycles. The molecule has 0 radical (unpaired) electrons. The van der Waals surface area contributed by atoms with Crippen LogP contribution in [0, 0.1) is 0 Å². The number of ether oxygens (including phenoxy) is 2. The average Bonchev–Trinajstić information content (AvgIpc) is 3.03. The van der Waals surface area contributed by atoms with Crippen LogP contribution >= 0.6 is 0 Å². The number of hydrazine groups is 1. The van der Waals surface area contributed by atoms with E-state index in [1.807, 2.05) is 18.2 Å². The van der Waals surface area contributed by atoms with Crippen LogP contribution in [0.4, 0.5) is 0 Å². The monoisotopic (exact) mass is 277 g/mol. The van der Waals surface area contributed by atoms with Gasteiger partial charge in [0, 0.05) is 12.4 Å². The van der Waals surface area contributed by atoms with Gasteiger partial charge in [-0.2, -0.15) is 0 Å². The van der Waals surface area contributed by atoms with Crippen LogP contribution in [0.1, 0.15) is 5.69 Å². The van der Waals surface area contributed by atoms with Crippen molar-refractivity contribution in [2.45, 2.75) is 24.3 Å². The summed E-state index contributed by atoms with van der Waals surface area (Å²) in [6, 6.07) is 5.36. The Bertz CT molecular complexity index is 495. The highest BCUT2D eigenvalue weighted by atomic mass is 16.6. The SMILES string of the molecule is N/C(=C\N(N)C1COC2C(N)COC21)c1ccccn1. The molecule has 0 bridgehead atoms. The fourth-order valence-corrected chi connectivity index (χ4v) is 2.62. The van der Waals surface area contributed by atoms with Gasteiger partial charge in [-0.05, 0) is 12.1 Å². The fourth-order valence-electron chi connectivity index (χ4n) is 2.62. The van der Waals surface area contributed by atoms with Gasteiger partial charge < -0.3 is 25.9 Å². The van der Waals surface area contributed by atoms with E-state index in [1.54, 1.807) is 12.4 Å². The van der Waals surface area contributed by atoms with Crippen LogP contribution in [0.2, 0.25) is 0 Å². The van der Waals surface area contributed by atoms with Crippen molar-refractivity contribution in [3.05, 3.63) is 36.3 Å². The zero-order valence-corrected chi connectivity index (χ0v) is 11.1. The number of pyridine rings is 1. The zero-order valence-electron chi connectivity index (χ0n) is 11.1. The zero-order chi connectivity index (χ0) is 14.1. The Kier molecular flexibility index (Phi) is 3.58. The summed E-state index contributed by atoms with van der Waals surface area (Å²) >= 11 is 0. The molecule has 2 aliphatic rings. The Morgan fingerprint density at radius 3 is 2.85 bits per heavy atom. The van der Waals surface area contributed by atoms with Crippen molar-refractivity contribution in [2.24, 2.45) is 17.3 Å². The summed E-state index contributed by atoms with van der Waals surface area (Å²) in [7, 11) is 0. The van der Waals surface area contributed by atoms with Crippen LogP contribution in [0.25, 0.3) is 5.70 Å². The quantitative estimate of drug-likeness (QED) is 0.480. The van der Waals surface area contributed by atoms with Gasteiger partial charge >= 0.3 is 0 Å². The molecule has 0 spiro atoms. The smallest absolute Gasteiger partial charge is 0.109 e. The second kappa shape index (κ2) is 5.37. The largest absolute Gasteiger partial charge is 0.396 e. The molecule has 2 fully saturated rings. The van der Waals surface area contributed by atoms with Crippen LogP contribution in [-0.4, -0.2) is 47.5 Å². The number of nitrogens with zero attached hydrogens (tertiary/aromatic N) is 2. The summed E-state index contributed by atoms with van der Waals surface area (Å²) in [6.45, 7) is 0.977. The minimum absolute atomic E-state index is 0.0872. The van der Waals surface area contributed by atoms with Gasteiger partial charge in [-0.25, -0.2) is 5.84 Å². The first-order valence-corrected chi connectivity index (χ1v) is 6.57. The van der Waals surface area contributed by atoms with Gasteiger partial charge in [0.05, 0.1) is 36.7 Å². The molecule has 20 heavy (non-hydrogen) atoms. The van der Waals surface area contributed by atoms with Crippen LogP contribution in [0.5, 0.6) is 0 Å². The minimum Gasteiger partial charge on any atom is -0.396 e. The van der Waals surface area contributed by atoms with Gasteiger partial charge in [0.1, 0.15) is 12.2 Å². The third-order valence-corrected chi connectivity index (χ3v) is 3.70. The van der Waals surface area contributed by atoms with Gasteiger partial charge in [-0.15, -0.1) is 0 Å². The van der Waals surface area contributed by atoms with E-state index in [-0.39, 0.29) is 24.3 Å². The lowest BCUT2D eigenvalue weighted by atomic mass is 10.1. The third-order valence-electron chi connectivity index (χ3n) is 3.70. The molecule has 0 aromatic carbocycles. The average molecular weight is 277 g/mol. The van der Waals surface area contributed by atoms with E-state index in [1.165, 1.54) is 5.01 Å². The van der Waals surface area contributed by atoms with Gasteiger partial charge in [0.15, 0.2) is 0 Å². The Hall–Kier alpha value is -1.67. The second-order valence-electron chi connectivity index (χ2n) is 5.07. The Labute approximate surface area is 117 Å². The van der Waals surface area contributed by atoms with E-state index in [0.29, 0.717) is 24.6 Å². The molecule has 2 saturated heterocycles. The third kappa shape index (κ3) is 2.36. The fraction of sp³-hybridized carbons (Fsp3) is 0.462. The van der Waals surface area contributed by atoms with E-state index in [9.17, 15) is 0 Å². The topological polar surface area (TPSA) is 113 Å². The summed E-state index contributed by atoms with van der Waals surface area (Å²) in [6.07, 6.45) is 3.15. The molecule has 7 heteroatoms. The molecule has 0 amide bonds. The number of fused-ring (bicyclic) bond motifs is 1. The molecule has 6 N–H and O–H groups in total. The highest BCUT2D eigenvalue weighted by Crippen LogP contribution is 2.28. The standard InChI is InChI=1S/C13H19N5O2/c14-8(10-3-1-2-4-17-10)5-18(16)11-7-20-12-9(15)6-19-13(11)12/h1-5,9,11-13H,6-7,14-16H2/b8-5-. The summed E-state index contributed by atoms with van der Waals surface area (Å²) in [4.78, 5) is 4.18. The van der Waals surface area contributed by atoms with Crippen molar-refractivity contribution in [3.8, 4) is 0 Å². The first-order valence-electron chi connectivity index (χ1n) is 6.57. The normalized spacial score (nSPS) is 33.2. The number of nitrogens with two attached hydrogens (primary N) is 3. The highest BCUT2D eigenvalue weighted by molar-refractivity contribution is 5.58. The number of aromatic nitrogens is 1. The molecule has 1 aromatic heterocycles.